The Kier molecular flexibility index (Phi) is 4.78. The van der Waals surface area contributed by atoms with E-state index in [9.17, 15) is 14.7 Å². The zero-order chi connectivity index (χ0) is 18.1. The Labute approximate surface area is 142 Å². The quantitative estimate of drug-likeness (QED) is 0.863. The van der Waals surface area contributed by atoms with Crippen LogP contribution < -0.4 is 14.8 Å². The van der Waals surface area contributed by atoms with Gasteiger partial charge < -0.3 is 19.9 Å². The maximum atomic E-state index is 12.8. The van der Waals surface area contributed by atoms with Crippen molar-refractivity contribution in [3.8, 4) is 11.5 Å². The number of methoxy groups -OCH3 is 2. The maximum Gasteiger partial charge on any atom is 0.309 e. The van der Waals surface area contributed by atoms with Gasteiger partial charge in [-0.15, -0.1) is 0 Å². The largest absolute Gasteiger partial charge is 0.497 e. The van der Waals surface area contributed by atoms with Crippen molar-refractivity contribution in [2.24, 2.45) is 16.7 Å². The Morgan fingerprint density at radius 1 is 1.21 bits per heavy atom. The normalized spacial score (nSPS) is 25.1. The average molecular weight is 335 g/mol. The number of carboxylic acid groups (broad SMARTS) is 1. The van der Waals surface area contributed by atoms with Crippen LogP contribution in [-0.4, -0.2) is 31.2 Å². The van der Waals surface area contributed by atoms with E-state index in [2.05, 4.69) is 5.32 Å². The Bertz CT molecular complexity index is 655. The molecule has 0 bridgehead atoms. The molecular weight excluding hydrogens is 310 g/mol. The summed E-state index contributed by atoms with van der Waals surface area (Å²) in [6.07, 6.45) is 1.01. The minimum absolute atomic E-state index is 0.198. The van der Waals surface area contributed by atoms with E-state index in [1.807, 2.05) is 13.8 Å². The highest BCUT2D eigenvalue weighted by Crippen LogP contribution is 2.56. The lowest BCUT2D eigenvalue weighted by Crippen LogP contribution is -2.43. The monoisotopic (exact) mass is 335 g/mol. The Morgan fingerprint density at radius 2 is 1.88 bits per heavy atom. The zero-order valence-electron chi connectivity index (χ0n) is 14.8. The third kappa shape index (κ3) is 2.81. The summed E-state index contributed by atoms with van der Waals surface area (Å²) >= 11 is 0. The van der Waals surface area contributed by atoms with Gasteiger partial charge in [0.1, 0.15) is 11.5 Å². The number of rotatable bonds is 5. The molecule has 1 aliphatic rings. The molecule has 2 N–H and O–H groups in total. The number of carboxylic acids is 1. The number of ether oxygens (including phenoxy) is 2. The van der Waals surface area contributed by atoms with Crippen LogP contribution in [0.1, 0.15) is 33.6 Å². The fourth-order valence-corrected chi connectivity index (χ4v) is 3.47. The number of hydrogen-bond donors (Lipinski definition) is 2. The minimum Gasteiger partial charge on any atom is -0.497 e. The molecule has 0 aromatic heterocycles. The molecule has 6 heteroatoms. The van der Waals surface area contributed by atoms with Gasteiger partial charge in [0.05, 0.1) is 25.3 Å². The SMILES string of the molecule is COc1ccc(OC)c(NC(=O)C2CCC(C)(C(=O)O)C2(C)C)c1. The topological polar surface area (TPSA) is 84.9 Å². The van der Waals surface area contributed by atoms with Gasteiger partial charge in [-0.3, -0.25) is 9.59 Å². The molecule has 1 aliphatic carbocycles. The van der Waals surface area contributed by atoms with Crippen molar-refractivity contribution in [1.29, 1.82) is 0 Å². The highest BCUT2D eigenvalue weighted by atomic mass is 16.5. The van der Waals surface area contributed by atoms with Crippen molar-refractivity contribution in [3.63, 3.8) is 0 Å². The predicted octanol–water partition coefficient (Wildman–Crippen LogP) is 3.17. The number of anilines is 1. The number of hydrogen-bond acceptors (Lipinski definition) is 4. The smallest absolute Gasteiger partial charge is 0.309 e. The van der Waals surface area contributed by atoms with Crippen molar-refractivity contribution < 1.29 is 24.2 Å². The van der Waals surface area contributed by atoms with Crippen LogP contribution in [0.25, 0.3) is 0 Å². The summed E-state index contributed by atoms with van der Waals surface area (Å²) in [4.78, 5) is 24.5. The first-order valence-electron chi connectivity index (χ1n) is 7.93. The molecule has 2 unspecified atom stereocenters. The van der Waals surface area contributed by atoms with Gasteiger partial charge in [0, 0.05) is 12.0 Å². The Balaban J connectivity index is 2.27. The lowest BCUT2D eigenvalue weighted by molar-refractivity contribution is -0.154. The lowest BCUT2D eigenvalue weighted by Gasteiger charge is -2.37. The predicted molar refractivity (Wildman–Crippen MR) is 90.4 cm³/mol. The highest BCUT2D eigenvalue weighted by molar-refractivity contribution is 5.95. The van der Waals surface area contributed by atoms with Crippen LogP contribution in [0.4, 0.5) is 5.69 Å². The summed E-state index contributed by atoms with van der Waals surface area (Å²) in [5, 5.41) is 12.5. The number of benzene rings is 1. The zero-order valence-corrected chi connectivity index (χ0v) is 14.8. The summed E-state index contributed by atoms with van der Waals surface area (Å²) in [5.41, 5.74) is -1.07. The van der Waals surface area contributed by atoms with Gasteiger partial charge in [-0.25, -0.2) is 0 Å². The summed E-state index contributed by atoms with van der Waals surface area (Å²) in [6, 6.07) is 5.15. The highest BCUT2D eigenvalue weighted by Gasteiger charge is 2.58. The molecule has 1 fully saturated rings. The van der Waals surface area contributed by atoms with Crippen LogP contribution in [0.5, 0.6) is 11.5 Å². The van der Waals surface area contributed by atoms with Gasteiger partial charge in [-0.2, -0.15) is 0 Å². The average Bonchev–Trinajstić information content (AvgIpc) is 2.78. The van der Waals surface area contributed by atoms with Crippen LogP contribution in [0.3, 0.4) is 0 Å². The number of nitrogens with one attached hydrogen (secondary N) is 1. The summed E-state index contributed by atoms with van der Waals surface area (Å²) in [6.45, 7) is 5.41. The molecule has 0 saturated heterocycles. The molecule has 0 radical (unpaired) electrons. The summed E-state index contributed by atoms with van der Waals surface area (Å²) in [7, 11) is 3.07. The number of carbonyl (C=O) groups is 2. The van der Waals surface area contributed by atoms with Crippen LogP contribution >= 0.6 is 0 Å². The van der Waals surface area contributed by atoms with Crippen molar-refractivity contribution in [3.05, 3.63) is 18.2 Å². The second kappa shape index (κ2) is 6.34. The molecule has 0 spiro atoms. The van der Waals surface area contributed by atoms with Gasteiger partial charge in [0.2, 0.25) is 5.91 Å². The Morgan fingerprint density at radius 3 is 2.38 bits per heavy atom. The Hall–Kier alpha value is -2.24. The van der Waals surface area contributed by atoms with Crippen LogP contribution in [0.2, 0.25) is 0 Å². The fraction of sp³-hybridized carbons (Fsp3) is 0.556. The van der Waals surface area contributed by atoms with Gasteiger partial charge in [-0.1, -0.05) is 13.8 Å². The second-order valence-electron chi connectivity index (χ2n) is 7.01. The molecule has 24 heavy (non-hydrogen) atoms. The number of aliphatic carboxylic acids is 1. The number of amides is 1. The standard InChI is InChI=1S/C18H25NO5/c1-17(2)12(8-9-18(17,3)16(21)22)15(20)19-13-10-11(23-4)6-7-14(13)24-5/h6-7,10,12H,8-9H2,1-5H3,(H,19,20)(H,21,22). The first-order chi connectivity index (χ1) is 11.2. The van der Waals surface area contributed by atoms with Gasteiger partial charge in [0.25, 0.3) is 0 Å². The second-order valence-corrected chi connectivity index (χ2v) is 7.01. The fourth-order valence-electron chi connectivity index (χ4n) is 3.47. The van der Waals surface area contributed by atoms with Crippen molar-refractivity contribution >= 4 is 17.6 Å². The molecule has 0 aliphatic heterocycles. The van der Waals surface area contributed by atoms with Gasteiger partial charge in [-0.05, 0) is 37.3 Å². The third-order valence-corrected chi connectivity index (χ3v) is 5.68. The first-order valence-corrected chi connectivity index (χ1v) is 7.93. The van der Waals surface area contributed by atoms with Gasteiger partial charge >= 0.3 is 5.97 Å². The maximum absolute atomic E-state index is 12.8. The van der Waals surface area contributed by atoms with E-state index in [0.717, 1.165) is 0 Å². The number of carbonyl (C=O) groups excluding carboxylic acids is 1. The molecule has 1 saturated carbocycles. The van der Waals surface area contributed by atoms with E-state index in [1.54, 1.807) is 32.2 Å². The molecule has 1 aromatic rings. The van der Waals surface area contributed by atoms with E-state index in [1.165, 1.54) is 7.11 Å². The molecular formula is C18H25NO5. The molecule has 1 aromatic carbocycles. The molecule has 6 nitrogen and oxygen atoms in total. The molecule has 132 valence electrons. The van der Waals surface area contributed by atoms with E-state index >= 15 is 0 Å². The molecule has 2 rings (SSSR count). The van der Waals surface area contributed by atoms with Crippen LogP contribution in [-0.2, 0) is 9.59 Å². The van der Waals surface area contributed by atoms with Crippen molar-refractivity contribution in [2.75, 3.05) is 19.5 Å². The minimum atomic E-state index is -0.923. The van der Waals surface area contributed by atoms with Gasteiger partial charge in [0.15, 0.2) is 0 Å². The van der Waals surface area contributed by atoms with E-state index in [-0.39, 0.29) is 5.91 Å². The molecule has 1 amide bonds. The summed E-state index contributed by atoms with van der Waals surface area (Å²) in [5.74, 6) is -0.319. The van der Waals surface area contributed by atoms with E-state index in [0.29, 0.717) is 30.0 Å². The van der Waals surface area contributed by atoms with E-state index in [4.69, 9.17) is 9.47 Å². The molecule has 2 atom stereocenters. The van der Waals surface area contributed by atoms with E-state index < -0.39 is 22.7 Å². The first kappa shape index (κ1) is 18.1. The van der Waals surface area contributed by atoms with Crippen molar-refractivity contribution in [1.82, 2.24) is 0 Å². The van der Waals surface area contributed by atoms with Crippen LogP contribution in [0, 0.1) is 16.7 Å². The molecule has 0 heterocycles. The van der Waals surface area contributed by atoms with Crippen molar-refractivity contribution in [2.45, 2.75) is 33.6 Å². The van der Waals surface area contributed by atoms with Crippen LogP contribution in [0.15, 0.2) is 18.2 Å². The third-order valence-electron chi connectivity index (χ3n) is 5.68. The summed E-state index contributed by atoms with van der Waals surface area (Å²) < 4.78 is 10.5. The lowest BCUT2D eigenvalue weighted by atomic mass is 9.65.